The maximum atomic E-state index is 12.5. The van der Waals surface area contributed by atoms with Crippen LogP contribution in [-0.2, 0) is 9.59 Å². The minimum absolute atomic E-state index is 0.0229. The van der Waals surface area contributed by atoms with Crippen LogP contribution in [0.15, 0.2) is 12.2 Å². The van der Waals surface area contributed by atoms with Gasteiger partial charge < -0.3 is 21.5 Å². The lowest BCUT2D eigenvalue weighted by atomic mass is 9.83. The van der Waals surface area contributed by atoms with E-state index in [-0.39, 0.29) is 30.3 Å². The smallest absolute Gasteiger partial charge is 0.329 e. The molecule has 0 radical (unpaired) electrons. The van der Waals surface area contributed by atoms with Gasteiger partial charge in [0.25, 0.3) is 0 Å². The molecule has 0 aliphatic carbocycles. The van der Waals surface area contributed by atoms with E-state index in [1.807, 2.05) is 32.3 Å². The predicted octanol–water partition coefficient (Wildman–Crippen LogP) is 2.54. The maximum absolute atomic E-state index is 12.5. The summed E-state index contributed by atoms with van der Waals surface area (Å²) in [4.78, 5) is 24.4. The zero-order valence-electron chi connectivity index (χ0n) is 17.9. The van der Waals surface area contributed by atoms with Crippen LogP contribution in [0, 0.1) is 11.8 Å². The van der Waals surface area contributed by atoms with Crippen LogP contribution in [-0.4, -0.2) is 58.9 Å². The average Bonchev–Trinajstić information content (AvgIpc) is 2.66. The van der Waals surface area contributed by atoms with E-state index in [1.165, 1.54) is 0 Å². The molecule has 0 rings (SSSR count). The molecule has 0 aromatic heterocycles. The number of hydrogen-bond donors (Lipinski definition) is 5. The molecule has 4 atom stereocenters. The molecule has 5 N–H and O–H groups in total. The highest BCUT2D eigenvalue weighted by molar-refractivity contribution is 7.98. The molecule has 0 bridgehead atoms. The van der Waals surface area contributed by atoms with Gasteiger partial charge in [0.05, 0.1) is 0 Å². The number of aliphatic carboxylic acids is 1. The first-order valence-corrected chi connectivity index (χ1v) is 12.0. The van der Waals surface area contributed by atoms with Crippen LogP contribution in [0.4, 0.5) is 0 Å². The predicted molar refractivity (Wildman–Crippen MR) is 123 cm³/mol. The molecule has 0 heterocycles. The Labute approximate surface area is 180 Å². The van der Waals surface area contributed by atoms with Crippen molar-refractivity contribution in [2.75, 3.05) is 24.3 Å². The molecule has 0 spiro atoms. The number of nitrogens with one attached hydrogen (secondary N) is 2. The summed E-state index contributed by atoms with van der Waals surface area (Å²) in [5, 5.41) is 16.0. The number of carboxylic acids is 1. The van der Waals surface area contributed by atoms with Crippen LogP contribution < -0.4 is 16.4 Å². The lowest BCUT2D eigenvalue weighted by molar-refractivity contribution is -0.150. The van der Waals surface area contributed by atoms with E-state index in [0.717, 1.165) is 6.42 Å². The Balaban J connectivity index is 5.01. The Morgan fingerprint density at radius 3 is 2.43 bits per heavy atom. The number of carbonyl (C=O) groups is 2. The van der Waals surface area contributed by atoms with E-state index < -0.39 is 11.5 Å². The van der Waals surface area contributed by atoms with Crippen molar-refractivity contribution in [2.45, 2.75) is 64.6 Å². The number of thioether (sulfide) groups is 1. The Morgan fingerprint density at radius 1 is 1.32 bits per heavy atom. The van der Waals surface area contributed by atoms with Gasteiger partial charge in [0.2, 0.25) is 5.91 Å². The van der Waals surface area contributed by atoms with Gasteiger partial charge in [-0.1, -0.05) is 46.3 Å². The summed E-state index contributed by atoms with van der Waals surface area (Å²) in [7, 11) is 0. The summed E-state index contributed by atoms with van der Waals surface area (Å²) in [6.45, 7) is 8.58. The highest BCUT2D eigenvalue weighted by atomic mass is 32.2. The molecule has 0 aromatic rings. The van der Waals surface area contributed by atoms with E-state index in [4.69, 9.17) is 5.73 Å². The highest BCUT2D eigenvalue weighted by Crippen LogP contribution is 2.24. The quantitative estimate of drug-likeness (QED) is 0.201. The number of carboxylic acid groups (broad SMARTS) is 1. The third-order valence-corrected chi connectivity index (χ3v) is 6.27. The normalized spacial score (nSPS) is 17.3. The SMILES string of the molecule is CC[C@@H](C)[C@@H](/C=C/CC(=O)N[C@@](CCSC)(C(=O)O)C(C)C)NC[C@@H](N)CS. The van der Waals surface area contributed by atoms with Crippen LogP contribution in [0.5, 0.6) is 0 Å². The third-order valence-electron chi connectivity index (χ3n) is 5.18. The third kappa shape index (κ3) is 9.20. The molecule has 6 nitrogen and oxygen atoms in total. The second-order valence-electron chi connectivity index (χ2n) is 7.62. The van der Waals surface area contributed by atoms with Crippen LogP contribution in [0.25, 0.3) is 0 Å². The zero-order chi connectivity index (χ0) is 21.7. The first-order chi connectivity index (χ1) is 13.1. The molecule has 8 heteroatoms. The average molecular weight is 434 g/mol. The number of carbonyl (C=O) groups excluding carboxylic acids is 1. The Hall–Kier alpha value is -0.700. The van der Waals surface area contributed by atoms with Crippen LogP contribution in [0.1, 0.15) is 47.0 Å². The summed E-state index contributed by atoms with van der Waals surface area (Å²) in [6, 6.07) is 0.0832. The zero-order valence-corrected chi connectivity index (χ0v) is 19.6. The lowest BCUT2D eigenvalue weighted by Gasteiger charge is -2.34. The first-order valence-electron chi connectivity index (χ1n) is 9.94. The van der Waals surface area contributed by atoms with E-state index in [0.29, 0.717) is 30.4 Å². The van der Waals surface area contributed by atoms with Crippen molar-refractivity contribution in [1.82, 2.24) is 10.6 Å². The fraction of sp³-hybridized carbons (Fsp3) is 0.800. The number of thiol groups is 1. The van der Waals surface area contributed by atoms with Gasteiger partial charge in [0.1, 0.15) is 5.54 Å². The molecule has 0 aliphatic rings. The molecule has 28 heavy (non-hydrogen) atoms. The number of rotatable bonds is 15. The maximum Gasteiger partial charge on any atom is 0.329 e. The topological polar surface area (TPSA) is 104 Å². The molecule has 0 fully saturated rings. The molecule has 0 aromatic carbocycles. The summed E-state index contributed by atoms with van der Waals surface area (Å²) >= 11 is 5.78. The van der Waals surface area contributed by atoms with Crippen molar-refractivity contribution in [1.29, 1.82) is 0 Å². The second kappa shape index (κ2) is 14.3. The molecule has 0 saturated carbocycles. The van der Waals surface area contributed by atoms with Gasteiger partial charge in [-0.15, -0.1) is 0 Å². The van der Waals surface area contributed by atoms with Gasteiger partial charge >= 0.3 is 5.97 Å². The summed E-state index contributed by atoms with van der Waals surface area (Å²) in [5.41, 5.74) is 4.69. The largest absolute Gasteiger partial charge is 0.479 e. The minimum atomic E-state index is -1.23. The summed E-state index contributed by atoms with van der Waals surface area (Å²) in [6.07, 6.45) is 7.27. The Bertz CT molecular complexity index is 503. The van der Waals surface area contributed by atoms with Crippen LogP contribution in [0.2, 0.25) is 0 Å². The van der Waals surface area contributed by atoms with Crippen molar-refractivity contribution in [3.05, 3.63) is 12.2 Å². The van der Waals surface area contributed by atoms with Gasteiger partial charge in [0, 0.05) is 30.8 Å². The second-order valence-corrected chi connectivity index (χ2v) is 8.97. The fourth-order valence-corrected chi connectivity index (χ4v) is 3.51. The number of amides is 1. The summed E-state index contributed by atoms with van der Waals surface area (Å²) < 4.78 is 0. The molecule has 164 valence electrons. The van der Waals surface area contributed by atoms with Crippen LogP contribution >= 0.6 is 24.4 Å². The monoisotopic (exact) mass is 433 g/mol. The Kier molecular flexibility index (Phi) is 14.0. The van der Waals surface area contributed by atoms with Crippen molar-refractivity contribution in [3.63, 3.8) is 0 Å². The van der Waals surface area contributed by atoms with Crippen molar-refractivity contribution in [2.24, 2.45) is 17.6 Å². The van der Waals surface area contributed by atoms with E-state index in [2.05, 4.69) is 37.1 Å². The van der Waals surface area contributed by atoms with Crippen molar-refractivity contribution >= 4 is 36.3 Å². The van der Waals surface area contributed by atoms with E-state index in [1.54, 1.807) is 11.8 Å². The fourth-order valence-electron chi connectivity index (χ4n) is 2.85. The number of nitrogens with two attached hydrogens (primary N) is 1. The molecular weight excluding hydrogens is 394 g/mol. The van der Waals surface area contributed by atoms with Gasteiger partial charge in [-0.25, -0.2) is 4.79 Å². The van der Waals surface area contributed by atoms with Gasteiger partial charge in [-0.3, -0.25) is 4.79 Å². The van der Waals surface area contributed by atoms with Crippen LogP contribution in [0.3, 0.4) is 0 Å². The lowest BCUT2D eigenvalue weighted by Crippen LogP contribution is -2.58. The molecule has 0 unspecified atom stereocenters. The van der Waals surface area contributed by atoms with Crippen molar-refractivity contribution in [3.8, 4) is 0 Å². The van der Waals surface area contributed by atoms with E-state index >= 15 is 0 Å². The van der Waals surface area contributed by atoms with Gasteiger partial charge in [0.15, 0.2) is 0 Å². The molecule has 1 amide bonds. The molecular formula is C20H39N3O3S2. The Morgan fingerprint density at radius 2 is 1.96 bits per heavy atom. The van der Waals surface area contributed by atoms with Gasteiger partial charge in [-0.2, -0.15) is 24.4 Å². The number of hydrogen-bond acceptors (Lipinski definition) is 6. The standard InChI is InChI=1S/C20H39N3O3S2/c1-6-15(4)17(22-12-16(21)13-27)8-7-9-18(24)23-20(14(2)3,19(25)26)10-11-28-5/h7-8,14-17,22,27H,6,9-13,21H2,1-5H3,(H,23,24)(H,25,26)/b8-7+/t15-,16-,17-,20-/m1/s1. The summed E-state index contributed by atoms with van der Waals surface area (Å²) in [5.74, 6) is 0.210. The van der Waals surface area contributed by atoms with Crippen molar-refractivity contribution < 1.29 is 14.7 Å². The molecule has 0 aliphatic heterocycles. The highest BCUT2D eigenvalue weighted by Gasteiger charge is 2.42. The minimum Gasteiger partial charge on any atom is -0.479 e. The molecule has 0 saturated heterocycles. The van der Waals surface area contributed by atoms with Gasteiger partial charge in [-0.05, 0) is 30.3 Å². The first kappa shape index (κ1) is 27.3. The van der Waals surface area contributed by atoms with E-state index in [9.17, 15) is 14.7 Å².